The van der Waals surface area contributed by atoms with Gasteiger partial charge < -0.3 is 14.6 Å². The van der Waals surface area contributed by atoms with Gasteiger partial charge in [0.15, 0.2) is 17.2 Å². The first-order valence-corrected chi connectivity index (χ1v) is 4.75. The molecule has 1 aromatic carbocycles. The Kier molecular flexibility index (Phi) is 4.01. The fraction of sp³-hybridized carbons (Fsp3) is 0.364. The zero-order chi connectivity index (χ0) is 13.1. The smallest absolute Gasteiger partial charge is 0.341 e. The molecule has 6 heteroatoms. The van der Waals surface area contributed by atoms with Crippen molar-refractivity contribution in [1.82, 2.24) is 0 Å². The van der Waals surface area contributed by atoms with E-state index in [2.05, 4.69) is 4.74 Å². The Morgan fingerprint density at radius 2 is 2.06 bits per heavy atom. The molecule has 0 aliphatic carbocycles. The van der Waals surface area contributed by atoms with Crippen LogP contribution in [-0.4, -0.2) is 30.4 Å². The van der Waals surface area contributed by atoms with Gasteiger partial charge in [-0.25, -0.2) is 13.6 Å². The zero-order valence-corrected chi connectivity index (χ0v) is 9.37. The molecule has 0 aliphatic rings. The summed E-state index contributed by atoms with van der Waals surface area (Å²) >= 11 is 0. The number of benzene rings is 1. The molecule has 0 bridgehead atoms. The van der Waals surface area contributed by atoms with Crippen LogP contribution in [-0.2, 0) is 9.53 Å². The maximum atomic E-state index is 12.8. The van der Waals surface area contributed by atoms with Gasteiger partial charge >= 0.3 is 5.97 Å². The van der Waals surface area contributed by atoms with Crippen molar-refractivity contribution in [2.75, 3.05) is 13.7 Å². The molecule has 1 atom stereocenters. The summed E-state index contributed by atoms with van der Waals surface area (Å²) in [5, 5.41) is 9.60. The highest BCUT2D eigenvalue weighted by Crippen LogP contribution is 2.17. The lowest BCUT2D eigenvalue weighted by Crippen LogP contribution is -2.42. The molecule has 0 radical (unpaired) electrons. The van der Waals surface area contributed by atoms with Crippen LogP contribution in [0.25, 0.3) is 0 Å². The molecule has 17 heavy (non-hydrogen) atoms. The van der Waals surface area contributed by atoms with E-state index in [1.165, 1.54) is 13.0 Å². The normalized spacial score (nSPS) is 13.9. The molecule has 1 rings (SSSR count). The monoisotopic (exact) mass is 246 g/mol. The zero-order valence-electron chi connectivity index (χ0n) is 9.37. The van der Waals surface area contributed by atoms with Gasteiger partial charge in [0.2, 0.25) is 0 Å². The number of hydrogen-bond donors (Lipinski definition) is 1. The van der Waals surface area contributed by atoms with E-state index in [9.17, 15) is 18.7 Å². The second kappa shape index (κ2) is 5.09. The fourth-order valence-electron chi connectivity index (χ4n) is 1.07. The molecule has 1 unspecified atom stereocenters. The van der Waals surface area contributed by atoms with Crippen LogP contribution in [0.3, 0.4) is 0 Å². The van der Waals surface area contributed by atoms with Crippen molar-refractivity contribution in [2.45, 2.75) is 12.5 Å². The summed E-state index contributed by atoms with van der Waals surface area (Å²) in [6.45, 7) is 0.767. The fourth-order valence-corrected chi connectivity index (χ4v) is 1.07. The molecule has 4 nitrogen and oxygen atoms in total. The van der Waals surface area contributed by atoms with Gasteiger partial charge in [-0.05, 0) is 19.1 Å². The highest BCUT2D eigenvalue weighted by Gasteiger charge is 2.32. The van der Waals surface area contributed by atoms with Crippen molar-refractivity contribution in [3.63, 3.8) is 0 Å². The van der Waals surface area contributed by atoms with Crippen molar-refractivity contribution in [3.8, 4) is 5.75 Å². The number of hydrogen-bond acceptors (Lipinski definition) is 4. The molecule has 1 N–H and O–H groups in total. The maximum absolute atomic E-state index is 12.8. The van der Waals surface area contributed by atoms with E-state index in [0.29, 0.717) is 0 Å². The van der Waals surface area contributed by atoms with Crippen molar-refractivity contribution < 1.29 is 28.2 Å². The van der Waals surface area contributed by atoms with Gasteiger partial charge in [0, 0.05) is 6.07 Å². The number of halogens is 2. The minimum absolute atomic E-state index is 0.00748. The lowest BCUT2D eigenvalue weighted by Gasteiger charge is -2.20. The lowest BCUT2D eigenvalue weighted by atomic mass is 10.1. The van der Waals surface area contributed by atoms with E-state index in [-0.39, 0.29) is 5.75 Å². The Bertz CT molecular complexity index is 418. The van der Waals surface area contributed by atoms with Gasteiger partial charge in [0.05, 0.1) is 7.11 Å². The summed E-state index contributed by atoms with van der Waals surface area (Å²) in [6, 6.07) is 2.89. The van der Waals surface area contributed by atoms with Crippen LogP contribution in [0.4, 0.5) is 8.78 Å². The topological polar surface area (TPSA) is 55.8 Å². The van der Waals surface area contributed by atoms with Crippen molar-refractivity contribution in [2.24, 2.45) is 0 Å². The number of carbonyl (C=O) groups is 1. The van der Waals surface area contributed by atoms with Gasteiger partial charge in [-0.1, -0.05) is 0 Å². The quantitative estimate of drug-likeness (QED) is 0.813. The first-order chi connectivity index (χ1) is 7.86. The van der Waals surface area contributed by atoms with Crippen LogP contribution in [0.2, 0.25) is 0 Å². The summed E-state index contributed by atoms with van der Waals surface area (Å²) in [6.07, 6.45) is 0. The first kappa shape index (κ1) is 13.4. The third kappa shape index (κ3) is 3.39. The van der Waals surface area contributed by atoms with Crippen LogP contribution in [0.15, 0.2) is 18.2 Å². The average Bonchev–Trinajstić information content (AvgIpc) is 2.29. The van der Waals surface area contributed by atoms with E-state index in [0.717, 1.165) is 19.2 Å². The number of esters is 1. The van der Waals surface area contributed by atoms with Crippen molar-refractivity contribution >= 4 is 5.97 Å². The number of carbonyl (C=O) groups excluding carboxylic acids is 1. The first-order valence-electron chi connectivity index (χ1n) is 4.75. The molecule has 1 aromatic rings. The molecule has 0 aliphatic heterocycles. The molecule has 0 fully saturated rings. The molecular formula is C11H12F2O4. The van der Waals surface area contributed by atoms with E-state index < -0.39 is 29.8 Å². The second-order valence-electron chi connectivity index (χ2n) is 3.63. The summed E-state index contributed by atoms with van der Waals surface area (Å²) < 4.78 is 34.7. The van der Waals surface area contributed by atoms with E-state index >= 15 is 0 Å². The molecule has 94 valence electrons. The summed E-state index contributed by atoms with van der Waals surface area (Å²) in [4.78, 5) is 11.1. The van der Waals surface area contributed by atoms with Crippen molar-refractivity contribution in [1.29, 1.82) is 0 Å². The minimum atomic E-state index is -1.85. The van der Waals surface area contributed by atoms with Crippen LogP contribution in [0.5, 0.6) is 5.75 Å². The van der Waals surface area contributed by atoms with Crippen molar-refractivity contribution in [3.05, 3.63) is 29.8 Å². The molecule has 0 spiro atoms. The Labute approximate surface area is 96.8 Å². The number of methoxy groups -OCH3 is 1. The van der Waals surface area contributed by atoms with Gasteiger partial charge in [0.1, 0.15) is 12.4 Å². The Morgan fingerprint density at radius 1 is 1.41 bits per heavy atom. The molecule has 0 aromatic heterocycles. The predicted molar refractivity (Wildman–Crippen MR) is 54.5 cm³/mol. The van der Waals surface area contributed by atoms with E-state index in [1.807, 2.05) is 0 Å². The van der Waals surface area contributed by atoms with Crippen LogP contribution >= 0.6 is 0 Å². The molecule has 0 saturated carbocycles. The van der Waals surface area contributed by atoms with Crippen LogP contribution < -0.4 is 4.74 Å². The molecule has 0 amide bonds. The van der Waals surface area contributed by atoms with Crippen LogP contribution in [0, 0.1) is 11.6 Å². The standard InChI is InChI=1S/C11H12F2O4/c1-11(15,10(14)16-2)6-17-7-3-4-8(12)9(13)5-7/h3-5,15H,6H2,1-2H3. The largest absolute Gasteiger partial charge is 0.490 e. The SMILES string of the molecule is COC(=O)C(C)(O)COc1ccc(F)c(F)c1. The Morgan fingerprint density at radius 3 is 2.59 bits per heavy atom. The average molecular weight is 246 g/mol. The van der Waals surface area contributed by atoms with E-state index in [1.54, 1.807) is 0 Å². The van der Waals surface area contributed by atoms with E-state index in [4.69, 9.17) is 4.74 Å². The van der Waals surface area contributed by atoms with Crippen LogP contribution in [0.1, 0.15) is 6.92 Å². The van der Waals surface area contributed by atoms with Gasteiger partial charge in [0.25, 0.3) is 0 Å². The second-order valence-corrected chi connectivity index (χ2v) is 3.63. The summed E-state index contributed by atoms with van der Waals surface area (Å²) in [5.74, 6) is -2.94. The highest BCUT2D eigenvalue weighted by molar-refractivity contribution is 5.78. The predicted octanol–water partition coefficient (Wildman–Crippen LogP) is 1.27. The van der Waals surface area contributed by atoms with Gasteiger partial charge in [-0.2, -0.15) is 0 Å². The molecule has 0 heterocycles. The summed E-state index contributed by atoms with van der Waals surface area (Å²) in [7, 11) is 1.12. The van der Waals surface area contributed by atoms with Gasteiger partial charge in [-0.3, -0.25) is 0 Å². The Hall–Kier alpha value is -1.69. The third-order valence-electron chi connectivity index (χ3n) is 2.04. The maximum Gasteiger partial charge on any atom is 0.341 e. The number of ether oxygens (including phenoxy) is 2. The summed E-state index contributed by atoms with van der Waals surface area (Å²) in [5.41, 5.74) is -1.85. The molecular weight excluding hydrogens is 234 g/mol. The third-order valence-corrected chi connectivity index (χ3v) is 2.04. The minimum Gasteiger partial charge on any atom is -0.490 e. The lowest BCUT2D eigenvalue weighted by molar-refractivity contribution is -0.163. The van der Waals surface area contributed by atoms with Gasteiger partial charge in [-0.15, -0.1) is 0 Å². The molecule has 0 saturated heterocycles. The Balaban J connectivity index is 2.67. The number of rotatable bonds is 4. The number of aliphatic hydroxyl groups is 1. The highest BCUT2D eigenvalue weighted by atomic mass is 19.2.